The van der Waals surface area contributed by atoms with Gasteiger partial charge in [0.1, 0.15) is 12.6 Å². The number of carbonyl (C=O) groups is 3. The summed E-state index contributed by atoms with van der Waals surface area (Å²) in [6.45, 7) is 5.05. The third-order valence-electron chi connectivity index (χ3n) is 6.61. The molecule has 0 saturated carbocycles. The molecule has 0 spiro atoms. The summed E-state index contributed by atoms with van der Waals surface area (Å²) < 4.78 is 5.58. The highest BCUT2D eigenvalue weighted by Gasteiger charge is 2.35. The topological polar surface area (TPSA) is 95.9 Å². The van der Waals surface area contributed by atoms with E-state index in [1.807, 2.05) is 24.3 Å². The number of amides is 2. The van der Waals surface area contributed by atoms with E-state index >= 15 is 0 Å². The molecule has 4 rings (SSSR count). The van der Waals surface area contributed by atoms with Gasteiger partial charge in [0.25, 0.3) is 0 Å². The predicted molar refractivity (Wildman–Crippen MR) is 128 cm³/mol. The number of nitrogens with zero attached hydrogens (tertiary/aromatic N) is 1. The Kier molecular flexibility index (Phi) is 7.30. The van der Waals surface area contributed by atoms with Gasteiger partial charge in [0.15, 0.2) is 0 Å². The van der Waals surface area contributed by atoms with Gasteiger partial charge in [0.2, 0.25) is 5.91 Å². The summed E-state index contributed by atoms with van der Waals surface area (Å²) in [5.74, 6) is -0.704. The molecular formula is C27H30N2O5. The number of carboxylic acids is 1. The van der Waals surface area contributed by atoms with E-state index in [9.17, 15) is 14.4 Å². The van der Waals surface area contributed by atoms with Crippen molar-refractivity contribution in [1.29, 1.82) is 0 Å². The van der Waals surface area contributed by atoms with E-state index in [1.165, 1.54) is 0 Å². The van der Waals surface area contributed by atoms with Crippen molar-refractivity contribution in [2.75, 3.05) is 19.7 Å². The van der Waals surface area contributed by atoms with E-state index in [0.29, 0.717) is 31.8 Å². The quantitative estimate of drug-likeness (QED) is 0.517. The Morgan fingerprint density at radius 3 is 2.29 bits per heavy atom. The molecule has 2 aliphatic rings. The van der Waals surface area contributed by atoms with Crippen LogP contribution in [0.3, 0.4) is 0 Å². The third-order valence-corrected chi connectivity index (χ3v) is 6.61. The molecule has 0 aromatic heterocycles. The number of hydrogen-bond donors (Lipinski definition) is 2. The van der Waals surface area contributed by atoms with Crippen LogP contribution in [0.15, 0.2) is 61.2 Å². The van der Waals surface area contributed by atoms with Crippen molar-refractivity contribution >= 4 is 18.0 Å². The van der Waals surface area contributed by atoms with Gasteiger partial charge in [-0.15, -0.1) is 6.58 Å². The van der Waals surface area contributed by atoms with Crippen molar-refractivity contribution < 1.29 is 24.2 Å². The van der Waals surface area contributed by atoms with Crippen LogP contribution in [-0.4, -0.2) is 53.7 Å². The number of rotatable bonds is 10. The Morgan fingerprint density at radius 2 is 1.71 bits per heavy atom. The maximum absolute atomic E-state index is 12.9. The summed E-state index contributed by atoms with van der Waals surface area (Å²) in [6, 6.07) is 15.5. The first-order chi connectivity index (χ1) is 16.5. The second-order valence-corrected chi connectivity index (χ2v) is 8.94. The fourth-order valence-corrected chi connectivity index (χ4v) is 4.87. The van der Waals surface area contributed by atoms with Crippen molar-refractivity contribution in [2.24, 2.45) is 5.92 Å². The second kappa shape index (κ2) is 10.5. The molecule has 1 atom stereocenters. The molecule has 2 amide bonds. The van der Waals surface area contributed by atoms with Crippen molar-refractivity contribution in [1.82, 2.24) is 10.2 Å². The number of likely N-dealkylation sites (tertiary alicyclic amines) is 1. The first kappa shape index (κ1) is 23.5. The van der Waals surface area contributed by atoms with Crippen LogP contribution in [0, 0.1) is 5.92 Å². The SMILES string of the molecule is C=CCC(NC(=O)OCC1c2ccccc2-c2ccccc21)C(=O)N1CC(CCCC(=O)O)C1. The van der Waals surface area contributed by atoms with Crippen molar-refractivity contribution in [3.8, 4) is 11.1 Å². The van der Waals surface area contributed by atoms with E-state index in [0.717, 1.165) is 28.7 Å². The van der Waals surface area contributed by atoms with E-state index in [4.69, 9.17) is 9.84 Å². The number of benzene rings is 2. The minimum absolute atomic E-state index is 0.0475. The minimum Gasteiger partial charge on any atom is -0.481 e. The summed E-state index contributed by atoms with van der Waals surface area (Å²) in [7, 11) is 0. The zero-order valence-corrected chi connectivity index (χ0v) is 19.1. The Bertz CT molecular complexity index is 1030. The van der Waals surface area contributed by atoms with Crippen molar-refractivity contribution in [3.05, 3.63) is 72.3 Å². The summed E-state index contributed by atoms with van der Waals surface area (Å²) in [6.07, 6.45) is 2.82. The molecule has 2 aromatic carbocycles. The average Bonchev–Trinajstić information content (AvgIpc) is 3.12. The van der Waals surface area contributed by atoms with Gasteiger partial charge < -0.3 is 20.1 Å². The van der Waals surface area contributed by atoms with E-state index in [1.54, 1.807) is 11.0 Å². The number of carbonyl (C=O) groups excluding carboxylic acids is 2. The zero-order chi connectivity index (χ0) is 24.1. The van der Waals surface area contributed by atoms with Gasteiger partial charge in [-0.3, -0.25) is 9.59 Å². The van der Waals surface area contributed by atoms with Crippen LogP contribution < -0.4 is 5.32 Å². The molecule has 1 heterocycles. The molecular weight excluding hydrogens is 432 g/mol. The highest BCUT2D eigenvalue weighted by molar-refractivity contribution is 5.86. The van der Waals surface area contributed by atoms with Gasteiger partial charge in [0, 0.05) is 25.4 Å². The molecule has 0 radical (unpaired) electrons. The second-order valence-electron chi connectivity index (χ2n) is 8.94. The molecule has 1 aliphatic heterocycles. The molecule has 2 aromatic rings. The van der Waals surface area contributed by atoms with Gasteiger partial charge in [-0.05, 0) is 47.4 Å². The Hall–Kier alpha value is -3.61. The molecule has 1 unspecified atom stereocenters. The number of fused-ring (bicyclic) bond motifs is 3. The van der Waals surface area contributed by atoms with Gasteiger partial charge in [-0.1, -0.05) is 54.6 Å². The molecule has 0 bridgehead atoms. The number of nitrogens with one attached hydrogen (secondary N) is 1. The van der Waals surface area contributed by atoms with Crippen molar-refractivity contribution in [2.45, 2.75) is 37.6 Å². The number of carboxylic acid groups (broad SMARTS) is 1. The number of hydrogen-bond acceptors (Lipinski definition) is 4. The van der Waals surface area contributed by atoms with E-state index in [2.05, 4.69) is 36.2 Å². The minimum atomic E-state index is -0.800. The van der Waals surface area contributed by atoms with Crippen LogP contribution in [0.1, 0.15) is 42.7 Å². The van der Waals surface area contributed by atoms with E-state index < -0.39 is 18.1 Å². The molecule has 1 aliphatic carbocycles. The lowest BCUT2D eigenvalue weighted by atomic mass is 9.93. The summed E-state index contributed by atoms with van der Waals surface area (Å²) >= 11 is 0. The molecule has 1 fully saturated rings. The highest BCUT2D eigenvalue weighted by atomic mass is 16.5. The summed E-state index contributed by atoms with van der Waals surface area (Å²) in [5.41, 5.74) is 4.57. The first-order valence-electron chi connectivity index (χ1n) is 11.7. The van der Waals surface area contributed by atoms with Crippen LogP contribution in [0.25, 0.3) is 11.1 Å². The predicted octanol–water partition coefficient (Wildman–Crippen LogP) is 4.18. The monoisotopic (exact) mass is 462 g/mol. The fraction of sp³-hybridized carbons (Fsp3) is 0.370. The van der Waals surface area contributed by atoms with Crippen molar-refractivity contribution in [3.63, 3.8) is 0 Å². The Labute approximate surface area is 199 Å². The standard InChI is InChI=1S/C27H30N2O5/c1-2-8-24(26(32)29-15-18(16-29)9-7-14-25(30)31)28-27(33)34-17-23-21-12-5-3-10-19(21)20-11-4-6-13-22(20)23/h2-6,10-13,18,23-24H,1,7-9,14-17H2,(H,28,33)(H,30,31). The van der Waals surface area contributed by atoms with Crippen LogP contribution in [0.5, 0.6) is 0 Å². The van der Waals surface area contributed by atoms with Gasteiger partial charge >= 0.3 is 12.1 Å². The lowest BCUT2D eigenvalue weighted by Gasteiger charge is -2.41. The maximum Gasteiger partial charge on any atom is 0.407 e. The summed E-state index contributed by atoms with van der Waals surface area (Å²) in [5, 5.41) is 11.5. The lowest BCUT2D eigenvalue weighted by Crippen LogP contribution is -2.57. The van der Waals surface area contributed by atoms with Gasteiger partial charge in [-0.25, -0.2) is 4.79 Å². The normalized spacial score (nSPS) is 15.6. The zero-order valence-electron chi connectivity index (χ0n) is 19.1. The molecule has 1 saturated heterocycles. The molecule has 178 valence electrons. The number of alkyl carbamates (subject to hydrolysis) is 1. The van der Waals surface area contributed by atoms with Gasteiger partial charge in [0.05, 0.1) is 0 Å². The summed E-state index contributed by atoms with van der Waals surface area (Å²) in [4.78, 5) is 37.9. The smallest absolute Gasteiger partial charge is 0.407 e. The highest BCUT2D eigenvalue weighted by Crippen LogP contribution is 2.44. The average molecular weight is 463 g/mol. The maximum atomic E-state index is 12.9. The Balaban J connectivity index is 1.31. The lowest BCUT2D eigenvalue weighted by molar-refractivity contribution is -0.141. The third kappa shape index (κ3) is 5.14. The number of ether oxygens (including phenoxy) is 1. The fourth-order valence-electron chi connectivity index (χ4n) is 4.87. The number of aliphatic carboxylic acids is 1. The Morgan fingerprint density at radius 1 is 1.09 bits per heavy atom. The van der Waals surface area contributed by atoms with Crippen LogP contribution in [0.4, 0.5) is 4.79 Å². The molecule has 7 heteroatoms. The molecule has 7 nitrogen and oxygen atoms in total. The van der Waals surface area contributed by atoms with E-state index in [-0.39, 0.29) is 24.9 Å². The van der Waals surface area contributed by atoms with Gasteiger partial charge in [-0.2, -0.15) is 0 Å². The molecule has 34 heavy (non-hydrogen) atoms. The van der Waals surface area contributed by atoms with Crippen LogP contribution in [-0.2, 0) is 14.3 Å². The van der Waals surface area contributed by atoms with Crippen LogP contribution in [0.2, 0.25) is 0 Å². The largest absolute Gasteiger partial charge is 0.481 e. The van der Waals surface area contributed by atoms with Crippen LogP contribution >= 0.6 is 0 Å². The first-order valence-corrected chi connectivity index (χ1v) is 11.7. The molecule has 2 N–H and O–H groups in total.